The summed E-state index contributed by atoms with van der Waals surface area (Å²) in [6.07, 6.45) is 0. The molecule has 1 aliphatic heterocycles. The summed E-state index contributed by atoms with van der Waals surface area (Å²) >= 11 is 5.62. The van der Waals surface area contributed by atoms with Crippen LogP contribution in [0.1, 0.15) is 0 Å². The first kappa shape index (κ1) is 15.5. The Morgan fingerprint density at radius 3 is 2.90 bits per heavy atom. The number of nitrogens with zero attached hydrogens (tertiary/aromatic N) is 1. The number of anilines is 1. The molecule has 0 bridgehead atoms. The Morgan fingerprint density at radius 1 is 1.55 bits per heavy atom. The van der Waals surface area contributed by atoms with E-state index in [1.165, 1.54) is 0 Å². The largest absolute Gasteiger partial charge is 0.399 e. The lowest BCUT2D eigenvalue weighted by Crippen LogP contribution is -2.50. The molecule has 2 rings (SSSR count). The van der Waals surface area contributed by atoms with Crippen LogP contribution >= 0.6 is 11.6 Å². The number of ether oxygens (including phenoxy) is 1. The van der Waals surface area contributed by atoms with Crippen molar-refractivity contribution in [1.82, 2.24) is 4.31 Å². The molecule has 1 saturated heterocycles. The summed E-state index contributed by atoms with van der Waals surface area (Å²) in [5.41, 5.74) is 5.56. The number of morpholine rings is 1. The highest BCUT2D eigenvalue weighted by Crippen LogP contribution is 2.29. The van der Waals surface area contributed by atoms with E-state index in [0.29, 0.717) is 0 Å². The van der Waals surface area contributed by atoms with Gasteiger partial charge in [-0.1, -0.05) is 11.6 Å². The van der Waals surface area contributed by atoms with Gasteiger partial charge in [0.2, 0.25) is 10.0 Å². The van der Waals surface area contributed by atoms with Crippen molar-refractivity contribution in [2.24, 2.45) is 0 Å². The Hall–Kier alpha value is -0.930. The van der Waals surface area contributed by atoms with E-state index in [0.717, 1.165) is 16.4 Å². The van der Waals surface area contributed by atoms with Crippen molar-refractivity contribution in [2.75, 3.05) is 32.1 Å². The number of halogens is 2. The number of nitrogen functional groups attached to an aromatic ring is 1. The predicted octanol–water partition coefficient (Wildman–Crippen LogP) is 0.443. The fraction of sp³-hybridized carbons (Fsp3) is 0.455. The first-order valence-corrected chi connectivity index (χ1v) is 7.64. The van der Waals surface area contributed by atoms with Gasteiger partial charge in [-0.05, 0) is 12.1 Å². The van der Waals surface area contributed by atoms with E-state index < -0.39 is 33.4 Å². The van der Waals surface area contributed by atoms with Gasteiger partial charge in [0.15, 0.2) is 5.82 Å². The zero-order chi connectivity index (χ0) is 14.9. The molecule has 1 heterocycles. The second kappa shape index (κ2) is 5.82. The van der Waals surface area contributed by atoms with Crippen LogP contribution in [0, 0.1) is 5.82 Å². The Morgan fingerprint density at radius 2 is 2.25 bits per heavy atom. The first-order chi connectivity index (χ1) is 9.37. The van der Waals surface area contributed by atoms with Crippen molar-refractivity contribution in [3.8, 4) is 0 Å². The number of aliphatic hydroxyl groups is 1. The number of rotatable bonds is 3. The third kappa shape index (κ3) is 2.75. The smallest absolute Gasteiger partial charge is 0.246 e. The second-order valence-electron chi connectivity index (χ2n) is 4.34. The highest BCUT2D eigenvalue weighted by Gasteiger charge is 2.36. The molecule has 9 heteroatoms. The minimum absolute atomic E-state index is 0.0272. The normalized spacial score (nSPS) is 21.1. The number of nitrogens with two attached hydrogens (primary N) is 1. The standard InChI is InChI=1S/C11H14ClFN2O4S/c12-9-3-7(14)4-10(11(9)13)20(17,18)15-1-2-19-6-8(15)5-16/h3-4,8,16H,1-2,5-6,14H2. The maximum absolute atomic E-state index is 14.0. The van der Waals surface area contributed by atoms with E-state index >= 15 is 0 Å². The molecule has 112 valence electrons. The summed E-state index contributed by atoms with van der Waals surface area (Å²) in [6.45, 7) is -0.170. The van der Waals surface area contributed by atoms with Gasteiger partial charge in [0.05, 0.1) is 30.9 Å². The molecule has 1 aliphatic rings. The summed E-state index contributed by atoms with van der Waals surface area (Å²) in [6, 6.07) is 1.40. The van der Waals surface area contributed by atoms with Gasteiger partial charge in [0, 0.05) is 12.2 Å². The molecule has 0 aliphatic carbocycles. The van der Waals surface area contributed by atoms with Gasteiger partial charge in [-0.25, -0.2) is 12.8 Å². The summed E-state index contributed by atoms with van der Waals surface area (Å²) in [4.78, 5) is -0.595. The van der Waals surface area contributed by atoms with Crippen LogP contribution in [0.5, 0.6) is 0 Å². The zero-order valence-corrected chi connectivity index (χ0v) is 12.0. The topological polar surface area (TPSA) is 92.9 Å². The molecule has 0 saturated carbocycles. The molecular formula is C11H14ClFN2O4S. The van der Waals surface area contributed by atoms with E-state index in [2.05, 4.69) is 0 Å². The molecule has 0 radical (unpaired) electrons. The number of aliphatic hydroxyl groups excluding tert-OH is 1. The molecule has 0 spiro atoms. The molecule has 1 atom stereocenters. The molecule has 3 N–H and O–H groups in total. The van der Waals surface area contributed by atoms with Crippen LogP contribution in [0.4, 0.5) is 10.1 Å². The Labute approximate surface area is 120 Å². The quantitative estimate of drug-likeness (QED) is 0.787. The summed E-state index contributed by atoms with van der Waals surface area (Å²) < 4.78 is 45.1. The Kier molecular flexibility index (Phi) is 4.50. The monoisotopic (exact) mass is 324 g/mol. The maximum atomic E-state index is 14.0. The van der Waals surface area contributed by atoms with Gasteiger partial charge < -0.3 is 15.6 Å². The fourth-order valence-electron chi connectivity index (χ4n) is 2.00. The molecule has 20 heavy (non-hydrogen) atoms. The number of hydrogen-bond donors (Lipinski definition) is 2. The van der Waals surface area contributed by atoms with E-state index in [4.69, 9.17) is 22.1 Å². The van der Waals surface area contributed by atoms with E-state index in [-0.39, 0.29) is 30.5 Å². The molecule has 6 nitrogen and oxygen atoms in total. The lowest BCUT2D eigenvalue weighted by Gasteiger charge is -2.33. The minimum Gasteiger partial charge on any atom is -0.399 e. The van der Waals surface area contributed by atoms with Crippen LogP contribution in [0.15, 0.2) is 17.0 Å². The van der Waals surface area contributed by atoms with E-state index in [1.54, 1.807) is 0 Å². The van der Waals surface area contributed by atoms with Crippen molar-refractivity contribution < 1.29 is 22.7 Å². The van der Waals surface area contributed by atoms with Gasteiger partial charge in [-0.15, -0.1) is 0 Å². The zero-order valence-electron chi connectivity index (χ0n) is 10.4. The van der Waals surface area contributed by atoms with Gasteiger partial charge in [-0.3, -0.25) is 0 Å². The van der Waals surface area contributed by atoms with E-state index in [9.17, 15) is 17.9 Å². The average Bonchev–Trinajstić information content (AvgIpc) is 2.42. The van der Waals surface area contributed by atoms with Crippen LogP contribution in [0.3, 0.4) is 0 Å². The van der Waals surface area contributed by atoms with Crippen molar-refractivity contribution >= 4 is 27.3 Å². The molecule has 0 aromatic heterocycles. The van der Waals surface area contributed by atoms with Crippen molar-refractivity contribution in [1.29, 1.82) is 0 Å². The molecule has 1 unspecified atom stereocenters. The van der Waals surface area contributed by atoms with Crippen LogP contribution in [-0.2, 0) is 14.8 Å². The van der Waals surface area contributed by atoms with Crippen LogP contribution in [0.2, 0.25) is 5.02 Å². The predicted molar refractivity (Wildman–Crippen MR) is 71.4 cm³/mol. The Bertz CT molecular complexity index is 611. The lowest BCUT2D eigenvalue weighted by molar-refractivity contribution is 0.0108. The molecular weight excluding hydrogens is 311 g/mol. The van der Waals surface area contributed by atoms with Crippen molar-refractivity contribution in [3.05, 3.63) is 23.0 Å². The van der Waals surface area contributed by atoms with Crippen LogP contribution < -0.4 is 5.73 Å². The van der Waals surface area contributed by atoms with Crippen molar-refractivity contribution in [3.63, 3.8) is 0 Å². The third-order valence-electron chi connectivity index (χ3n) is 2.99. The average molecular weight is 325 g/mol. The third-order valence-corrected chi connectivity index (χ3v) is 5.21. The molecule has 1 aromatic rings. The second-order valence-corrected chi connectivity index (χ2v) is 6.61. The number of sulfonamides is 1. The number of hydrogen-bond acceptors (Lipinski definition) is 5. The lowest BCUT2D eigenvalue weighted by atomic mass is 10.3. The highest BCUT2D eigenvalue weighted by molar-refractivity contribution is 7.89. The molecule has 1 aromatic carbocycles. The minimum atomic E-state index is -4.15. The van der Waals surface area contributed by atoms with E-state index in [1.807, 2.05) is 0 Å². The van der Waals surface area contributed by atoms with Gasteiger partial charge in [-0.2, -0.15) is 4.31 Å². The van der Waals surface area contributed by atoms with Gasteiger partial charge >= 0.3 is 0 Å². The summed E-state index contributed by atoms with van der Waals surface area (Å²) in [5, 5.41) is 8.86. The highest BCUT2D eigenvalue weighted by atomic mass is 35.5. The van der Waals surface area contributed by atoms with Crippen LogP contribution in [-0.4, -0.2) is 50.2 Å². The SMILES string of the molecule is Nc1cc(Cl)c(F)c(S(=O)(=O)N2CCOCC2CO)c1. The number of benzene rings is 1. The Balaban J connectivity index is 2.49. The van der Waals surface area contributed by atoms with Crippen molar-refractivity contribution in [2.45, 2.75) is 10.9 Å². The van der Waals surface area contributed by atoms with Gasteiger partial charge in [0.1, 0.15) is 4.90 Å². The van der Waals surface area contributed by atoms with Crippen LogP contribution in [0.25, 0.3) is 0 Å². The molecule has 0 amide bonds. The fourth-order valence-corrected chi connectivity index (χ4v) is 3.99. The first-order valence-electron chi connectivity index (χ1n) is 5.83. The van der Waals surface area contributed by atoms with Gasteiger partial charge in [0.25, 0.3) is 0 Å². The summed E-state index contributed by atoms with van der Waals surface area (Å²) in [7, 11) is -4.15. The summed E-state index contributed by atoms with van der Waals surface area (Å²) in [5.74, 6) is -1.05. The molecule has 1 fully saturated rings. The maximum Gasteiger partial charge on any atom is 0.246 e.